The second kappa shape index (κ2) is 10.6. The van der Waals surface area contributed by atoms with Crippen molar-refractivity contribution in [2.75, 3.05) is 49.1 Å². The molecule has 8 nitrogen and oxygen atoms in total. The lowest BCUT2D eigenvalue weighted by Gasteiger charge is -2.37. The molecule has 2 heterocycles. The topological polar surface area (TPSA) is 82.0 Å². The Kier molecular flexibility index (Phi) is 7.63. The molecule has 174 valence electrons. The average Bonchev–Trinajstić information content (AvgIpc) is 2.84. The maximum absolute atomic E-state index is 12.6. The summed E-state index contributed by atoms with van der Waals surface area (Å²) in [6.07, 6.45) is 3.29. The quantitative estimate of drug-likeness (QED) is 0.254. The van der Waals surface area contributed by atoms with Gasteiger partial charge < -0.3 is 14.7 Å². The molecule has 0 aliphatic carbocycles. The number of carbonyl (C=O) groups excluding carboxylic acids is 1. The Bertz CT molecular complexity index is 1050. The van der Waals surface area contributed by atoms with E-state index in [-0.39, 0.29) is 16.5 Å². The number of anilines is 2. The molecule has 0 unspecified atom stereocenters. The van der Waals surface area contributed by atoms with E-state index in [0.29, 0.717) is 29.5 Å². The van der Waals surface area contributed by atoms with E-state index in [1.54, 1.807) is 12.1 Å². The van der Waals surface area contributed by atoms with Gasteiger partial charge >= 0.3 is 0 Å². The number of nitro benzene ring substituents is 1. The van der Waals surface area contributed by atoms with E-state index in [4.69, 9.17) is 12.2 Å². The van der Waals surface area contributed by atoms with Crippen molar-refractivity contribution in [2.45, 2.75) is 19.3 Å². The predicted molar refractivity (Wildman–Crippen MR) is 142 cm³/mol. The van der Waals surface area contributed by atoms with Crippen LogP contribution in [0.25, 0.3) is 0 Å². The van der Waals surface area contributed by atoms with Gasteiger partial charge in [0.05, 0.1) is 10.5 Å². The number of halogens is 1. The van der Waals surface area contributed by atoms with Gasteiger partial charge in [0.2, 0.25) is 0 Å². The van der Waals surface area contributed by atoms with Gasteiger partial charge in [-0.1, -0.05) is 12.1 Å². The van der Waals surface area contributed by atoms with Gasteiger partial charge in [-0.25, -0.2) is 0 Å². The summed E-state index contributed by atoms with van der Waals surface area (Å²) in [5.41, 5.74) is 2.46. The summed E-state index contributed by atoms with van der Waals surface area (Å²) >= 11 is 7.63. The van der Waals surface area contributed by atoms with E-state index in [0.717, 1.165) is 48.3 Å². The van der Waals surface area contributed by atoms with Crippen molar-refractivity contribution in [3.05, 3.63) is 61.7 Å². The third-order valence-corrected chi connectivity index (χ3v) is 7.42. The van der Waals surface area contributed by atoms with Gasteiger partial charge in [-0.15, -0.1) is 0 Å². The number of carbonyl (C=O) groups is 1. The highest BCUT2D eigenvalue weighted by Crippen LogP contribution is 2.34. The summed E-state index contributed by atoms with van der Waals surface area (Å²) in [7, 11) is 0. The number of nitro groups is 1. The fourth-order valence-electron chi connectivity index (χ4n) is 4.31. The van der Waals surface area contributed by atoms with E-state index >= 15 is 0 Å². The average molecular weight is 579 g/mol. The van der Waals surface area contributed by atoms with Gasteiger partial charge in [0.25, 0.3) is 11.6 Å². The lowest BCUT2D eigenvalue weighted by Crippen LogP contribution is -2.52. The Labute approximate surface area is 212 Å². The number of hydrogen-bond acceptors (Lipinski definition) is 6. The van der Waals surface area contributed by atoms with Crippen LogP contribution in [0.4, 0.5) is 17.1 Å². The van der Waals surface area contributed by atoms with Crippen LogP contribution in [0, 0.1) is 13.7 Å². The number of benzene rings is 2. The standard InChI is InChI=1S/C23H26IN5O3S/c24-19-7-3-2-6-18(19)22(30)25-23(33)28-14-12-26(13-15-28)17-8-9-20(29(31)32)21(16-17)27-10-4-1-5-11-27/h2-3,6-9,16H,1,4-5,10-15H2,(H,25,30,33). The van der Waals surface area contributed by atoms with E-state index in [1.165, 1.54) is 6.42 Å². The molecule has 0 radical (unpaired) electrons. The molecule has 2 saturated heterocycles. The van der Waals surface area contributed by atoms with E-state index in [1.807, 2.05) is 35.2 Å². The van der Waals surface area contributed by atoms with E-state index in [2.05, 4.69) is 37.7 Å². The monoisotopic (exact) mass is 579 g/mol. The van der Waals surface area contributed by atoms with Gasteiger partial charge in [-0.2, -0.15) is 0 Å². The highest BCUT2D eigenvalue weighted by Gasteiger charge is 2.25. The molecular weight excluding hydrogens is 553 g/mol. The molecule has 1 N–H and O–H groups in total. The fraction of sp³-hybridized carbons (Fsp3) is 0.391. The van der Waals surface area contributed by atoms with Crippen molar-refractivity contribution >= 4 is 62.9 Å². The number of piperidine rings is 1. The summed E-state index contributed by atoms with van der Waals surface area (Å²) in [5, 5.41) is 14.9. The van der Waals surface area contributed by atoms with Crippen LogP contribution in [0.1, 0.15) is 29.6 Å². The van der Waals surface area contributed by atoms with Crippen molar-refractivity contribution in [2.24, 2.45) is 0 Å². The van der Waals surface area contributed by atoms with Crippen LogP contribution in [-0.4, -0.2) is 60.1 Å². The Morgan fingerprint density at radius 3 is 2.33 bits per heavy atom. The second-order valence-electron chi connectivity index (χ2n) is 8.19. The Hall–Kier alpha value is -2.47. The van der Waals surface area contributed by atoms with Crippen LogP contribution < -0.4 is 15.1 Å². The minimum absolute atomic E-state index is 0.165. The minimum Gasteiger partial charge on any atom is -0.368 e. The summed E-state index contributed by atoms with van der Waals surface area (Å²) in [5.74, 6) is -0.200. The SMILES string of the molecule is O=C(NC(=S)N1CCN(c2ccc([N+](=O)[O-])c(N3CCCCC3)c2)CC1)c1ccccc1I. The molecule has 0 spiro atoms. The number of nitrogens with zero attached hydrogens (tertiary/aromatic N) is 4. The molecule has 33 heavy (non-hydrogen) atoms. The molecule has 2 aliphatic rings. The van der Waals surface area contributed by atoms with Crippen LogP contribution in [0.15, 0.2) is 42.5 Å². The molecule has 2 aromatic rings. The van der Waals surface area contributed by atoms with Crippen LogP contribution in [0.3, 0.4) is 0 Å². The van der Waals surface area contributed by atoms with Crippen LogP contribution in [-0.2, 0) is 0 Å². The first kappa shape index (κ1) is 23.7. The lowest BCUT2D eigenvalue weighted by molar-refractivity contribution is -0.384. The molecule has 2 fully saturated rings. The van der Waals surface area contributed by atoms with Crippen molar-refractivity contribution in [1.29, 1.82) is 0 Å². The number of hydrogen-bond donors (Lipinski definition) is 1. The molecule has 0 atom stereocenters. The van der Waals surface area contributed by atoms with Gasteiger partial charge in [-0.3, -0.25) is 20.2 Å². The minimum atomic E-state index is -0.291. The number of thiocarbonyl (C=S) groups is 1. The predicted octanol–water partition coefficient (Wildman–Crippen LogP) is 4.03. The summed E-state index contributed by atoms with van der Waals surface area (Å²) in [6.45, 7) is 4.48. The Morgan fingerprint density at radius 2 is 1.67 bits per heavy atom. The third kappa shape index (κ3) is 5.55. The van der Waals surface area contributed by atoms with Gasteiger partial charge in [0.1, 0.15) is 5.69 Å². The molecule has 2 aromatic carbocycles. The first-order valence-corrected chi connectivity index (χ1v) is 12.6. The number of rotatable bonds is 4. The molecule has 4 rings (SSSR count). The lowest BCUT2D eigenvalue weighted by atomic mass is 10.1. The number of amides is 1. The van der Waals surface area contributed by atoms with Crippen molar-refractivity contribution in [1.82, 2.24) is 10.2 Å². The molecule has 0 saturated carbocycles. The van der Waals surface area contributed by atoms with E-state index in [9.17, 15) is 14.9 Å². The van der Waals surface area contributed by atoms with Gasteiger partial charge in [-0.05, 0) is 78.3 Å². The molecule has 1 amide bonds. The zero-order chi connectivity index (χ0) is 23.4. The molecular formula is C23H26IN5O3S. The van der Waals surface area contributed by atoms with Crippen molar-refractivity contribution in [3.63, 3.8) is 0 Å². The van der Waals surface area contributed by atoms with E-state index < -0.39 is 0 Å². The zero-order valence-corrected chi connectivity index (χ0v) is 21.2. The normalized spacial score (nSPS) is 16.5. The third-order valence-electron chi connectivity index (χ3n) is 6.12. The highest BCUT2D eigenvalue weighted by atomic mass is 127. The highest BCUT2D eigenvalue weighted by molar-refractivity contribution is 14.1. The second-order valence-corrected chi connectivity index (χ2v) is 9.74. The van der Waals surface area contributed by atoms with Crippen LogP contribution in [0.2, 0.25) is 0 Å². The summed E-state index contributed by atoms with van der Waals surface area (Å²) < 4.78 is 0.878. The Morgan fingerprint density at radius 1 is 0.970 bits per heavy atom. The number of nitrogens with one attached hydrogen (secondary N) is 1. The molecule has 0 aromatic heterocycles. The first-order valence-electron chi connectivity index (χ1n) is 11.1. The molecule has 2 aliphatic heterocycles. The van der Waals surface area contributed by atoms with Crippen molar-refractivity contribution in [3.8, 4) is 0 Å². The molecule has 0 bridgehead atoms. The van der Waals surface area contributed by atoms with Crippen LogP contribution in [0.5, 0.6) is 0 Å². The maximum atomic E-state index is 12.6. The zero-order valence-electron chi connectivity index (χ0n) is 18.2. The maximum Gasteiger partial charge on any atom is 0.292 e. The van der Waals surface area contributed by atoms with Crippen molar-refractivity contribution < 1.29 is 9.72 Å². The summed E-state index contributed by atoms with van der Waals surface area (Å²) in [4.78, 5) is 30.2. The summed E-state index contributed by atoms with van der Waals surface area (Å²) in [6, 6.07) is 12.8. The number of piperazine rings is 1. The smallest absolute Gasteiger partial charge is 0.292 e. The van der Waals surface area contributed by atoms with Gasteiger partial charge in [0, 0.05) is 54.6 Å². The molecule has 10 heteroatoms. The first-order chi connectivity index (χ1) is 15.9. The van der Waals surface area contributed by atoms with Gasteiger partial charge in [0.15, 0.2) is 5.11 Å². The fourth-order valence-corrected chi connectivity index (χ4v) is 5.22. The largest absolute Gasteiger partial charge is 0.368 e. The Balaban J connectivity index is 1.40. The van der Waals surface area contributed by atoms with Crippen LogP contribution >= 0.6 is 34.8 Å².